The van der Waals surface area contributed by atoms with Gasteiger partial charge in [0.15, 0.2) is 0 Å². The Hall–Kier alpha value is -1.60. The summed E-state index contributed by atoms with van der Waals surface area (Å²) in [5.41, 5.74) is 3.95. The highest BCUT2D eigenvalue weighted by Crippen LogP contribution is 2.37. The molecule has 3 aromatic rings. The fourth-order valence-electron chi connectivity index (χ4n) is 2.55. The summed E-state index contributed by atoms with van der Waals surface area (Å²) >= 11 is 3.72. The lowest BCUT2D eigenvalue weighted by Gasteiger charge is -2.15. The Labute approximate surface area is 122 Å². The Morgan fingerprint density at radius 1 is 0.789 bits per heavy atom. The van der Waals surface area contributed by atoms with Crippen LogP contribution in [0.3, 0.4) is 0 Å². The number of hydrogen-bond donors (Lipinski definition) is 0. The maximum absolute atomic E-state index is 3.72. The van der Waals surface area contributed by atoms with Gasteiger partial charge in [-0.2, -0.15) is 0 Å². The van der Waals surface area contributed by atoms with Crippen LogP contribution in [0.2, 0.25) is 0 Å². The van der Waals surface area contributed by atoms with Crippen molar-refractivity contribution < 1.29 is 0 Å². The fourth-order valence-corrected chi connectivity index (χ4v) is 2.93. The van der Waals surface area contributed by atoms with Gasteiger partial charge in [0, 0.05) is 4.83 Å². The van der Waals surface area contributed by atoms with Crippen LogP contribution in [0, 0.1) is 0 Å². The Kier molecular flexibility index (Phi) is 3.39. The van der Waals surface area contributed by atoms with Gasteiger partial charge in [-0.25, -0.2) is 0 Å². The van der Waals surface area contributed by atoms with Gasteiger partial charge in [-0.1, -0.05) is 82.7 Å². The van der Waals surface area contributed by atoms with Crippen LogP contribution in [0.4, 0.5) is 0 Å². The molecule has 1 atom stereocenters. The van der Waals surface area contributed by atoms with Crippen molar-refractivity contribution in [3.05, 3.63) is 72.3 Å². The van der Waals surface area contributed by atoms with Crippen molar-refractivity contribution in [1.29, 1.82) is 0 Å². The number of fused-ring (bicyclic) bond motifs is 1. The molecule has 19 heavy (non-hydrogen) atoms. The Morgan fingerprint density at radius 3 is 2.21 bits per heavy atom. The molecule has 0 N–H and O–H groups in total. The van der Waals surface area contributed by atoms with E-state index in [1.54, 1.807) is 0 Å². The molecule has 0 saturated carbocycles. The summed E-state index contributed by atoms with van der Waals surface area (Å²) < 4.78 is 0. The van der Waals surface area contributed by atoms with E-state index < -0.39 is 0 Å². The Morgan fingerprint density at radius 2 is 1.47 bits per heavy atom. The second-order valence-electron chi connectivity index (χ2n) is 4.73. The molecule has 0 radical (unpaired) electrons. The molecule has 0 aliphatic rings. The lowest BCUT2D eigenvalue weighted by atomic mass is 9.92. The molecule has 94 valence electrons. The molecule has 0 aliphatic heterocycles. The molecule has 0 aromatic heterocycles. The minimum absolute atomic E-state index is 0.340. The third-order valence-corrected chi connectivity index (χ3v) is 3.95. The number of hydrogen-bond acceptors (Lipinski definition) is 0. The van der Waals surface area contributed by atoms with Crippen LogP contribution in [-0.2, 0) is 0 Å². The monoisotopic (exact) mass is 310 g/mol. The molecular formula is C18H15Br. The van der Waals surface area contributed by atoms with Crippen LogP contribution in [0.25, 0.3) is 21.9 Å². The summed E-state index contributed by atoms with van der Waals surface area (Å²) in [4.78, 5) is 0.340. The van der Waals surface area contributed by atoms with Gasteiger partial charge in [0.05, 0.1) is 0 Å². The van der Waals surface area contributed by atoms with Crippen molar-refractivity contribution in [2.24, 2.45) is 0 Å². The predicted molar refractivity (Wildman–Crippen MR) is 86.7 cm³/mol. The zero-order valence-electron chi connectivity index (χ0n) is 10.8. The number of rotatable bonds is 2. The molecule has 1 unspecified atom stereocenters. The summed E-state index contributed by atoms with van der Waals surface area (Å²) in [6, 6.07) is 23.6. The van der Waals surface area contributed by atoms with E-state index in [0.29, 0.717) is 4.83 Å². The lowest BCUT2D eigenvalue weighted by Crippen LogP contribution is -1.91. The molecule has 3 rings (SSSR count). The summed E-state index contributed by atoms with van der Waals surface area (Å²) in [6.45, 7) is 2.18. The van der Waals surface area contributed by atoms with Gasteiger partial charge < -0.3 is 0 Å². The molecule has 3 aromatic carbocycles. The average molecular weight is 311 g/mol. The highest BCUT2D eigenvalue weighted by Gasteiger charge is 2.12. The fraction of sp³-hybridized carbons (Fsp3) is 0.111. The maximum Gasteiger partial charge on any atom is 0.0373 e. The quantitative estimate of drug-likeness (QED) is 0.512. The number of benzene rings is 3. The average Bonchev–Trinajstić information content (AvgIpc) is 2.46. The molecule has 1 heteroatoms. The van der Waals surface area contributed by atoms with E-state index >= 15 is 0 Å². The first-order valence-corrected chi connectivity index (χ1v) is 7.40. The van der Waals surface area contributed by atoms with Crippen molar-refractivity contribution in [1.82, 2.24) is 0 Å². The Bertz CT molecular complexity index is 699. The molecule has 0 bridgehead atoms. The second kappa shape index (κ2) is 5.18. The van der Waals surface area contributed by atoms with E-state index in [2.05, 4.69) is 89.6 Å². The van der Waals surface area contributed by atoms with Crippen molar-refractivity contribution >= 4 is 26.7 Å². The SMILES string of the molecule is CC(Br)c1ccc2ccccc2c1-c1ccccc1. The summed E-state index contributed by atoms with van der Waals surface area (Å²) in [5, 5.41) is 2.61. The first-order chi connectivity index (χ1) is 9.27. The molecule has 0 fully saturated rings. The first-order valence-electron chi connectivity index (χ1n) is 6.48. The van der Waals surface area contributed by atoms with Gasteiger partial charge in [0.2, 0.25) is 0 Å². The van der Waals surface area contributed by atoms with Crippen LogP contribution >= 0.6 is 15.9 Å². The van der Waals surface area contributed by atoms with Crippen LogP contribution in [-0.4, -0.2) is 0 Å². The highest BCUT2D eigenvalue weighted by molar-refractivity contribution is 9.09. The maximum atomic E-state index is 3.72. The molecule has 0 nitrogen and oxygen atoms in total. The van der Waals surface area contributed by atoms with E-state index in [1.165, 1.54) is 27.5 Å². The van der Waals surface area contributed by atoms with E-state index in [4.69, 9.17) is 0 Å². The number of halogens is 1. The van der Waals surface area contributed by atoms with Gasteiger partial charge in [0.25, 0.3) is 0 Å². The molecule has 0 aliphatic carbocycles. The van der Waals surface area contributed by atoms with Crippen LogP contribution in [0.1, 0.15) is 17.3 Å². The van der Waals surface area contributed by atoms with E-state index in [-0.39, 0.29) is 0 Å². The topological polar surface area (TPSA) is 0 Å². The normalized spacial score (nSPS) is 12.5. The zero-order chi connectivity index (χ0) is 13.2. The molecule has 0 spiro atoms. The molecule has 0 amide bonds. The zero-order valence-corrected chi connectivity index (χ0v) is 12.4. The summed E-state index contributed by atoms with van der Waals surface area (Å²) in [5.74, 6) is 0. The standard InChI is InChI=1S/C18H15Br/c1-13(19)16-12-11-14-7-5-6-10-17(14)18(16)15-8-3-2-4-9-15/h2-13H,1H3. The van der Waals surface area contributed by atoms with Gasteiger partial charge in [-0.05, 0) is 34.4 Å². The van der Waals surface area contributed by atoms with Crippen LogP contribution in [0.15, 0.2) is 66.7 Å². The van der Waals surface area contributed by atoms with Crippen LogP contribution < -0.4 is 0 Å². The number of alkyl halides is 1. The third kappa shape index (κ3) is 2.31. The predicted octanol–water partition coefficient (Wildman–Crippen LogP) is 5.96. The smallest absolute Gasteiger partial charge is 0.0373 e. The van der Waals surface area contributed by atoms with E-state index in [9.17, 15) is 0 Å². The molecular weight excluding hydrogens is 296 g/mol. The van der Waals surface area contributed by atoms with Crippen molar-refractivity contribution in [2.45, 2.75) is 11.8 Å². The van der Waals surface area contributed by atoms with Gasteiger partial charge >= 0.3 is 0 Å². The van der Waals surface area contributed by atoms with Gasteiger partial charge in [-0.15, -0.1) is 0 Å². The first kappa shape index (κ1) is 12.4. The highest BCUT2D eigenvalue weighted by atomic mass is 79.9. The summed E-state index contributed by atoms with van der Waals surface area (Å²) in [6.07, 6.45) is 0. The van der Waals surface area contributed by atoms with E-state index in [1.807, 2.05) is 0 Å². The van der Waals surface area contributed by atoms with Crippen LogP contribution in [0.5, 0.6) is 0 Å². The van der Waals surface area contributed by atoms with Gasteiger partial charge in [-0.3, -0.25) is 0 Å². The van der Waals surface area contributed by atoms with Crippen molar-refractivity contribution in [2.75, 3.05) is 0 Å². The largest absolute Gasteiger partial charge is 0.0842 e. The van der Waals surface area contributed by atoms with Gasteiger partial charge in [0.1, 0.15) is 0 Å². The van der Waals surface area contributed by atoms with Crippen molar-refractivity contribution in [3.63, 3.8) is 0 Å². The molecule has 0 saturated heterocycles. The van der Waals surface area contributed by atoms with E-state index in [0.717, 1.165) is 0 Å². The minimum Gasteiger partial charge on any atom is -0.0842 e. The summed E-state index contributed by atoms with van der Waals surface area (Å²) in [7, 11) is 0. The Balaban J connectivity index is 2.39. The van der Waals surface area contributed by atoms with Crippen molar-refractivity contribution in [3.8, 4) is 11.1 Å². The third-order valence-electron chi connectivity index (χ3n) is 3.45. The second-order valence-corrected chi connectivity index (χ2v) is 6.11. The lowest BCUT2D eigenvalue weighted by molar-refractivity contribution is 1.13. The molecule has 0 heterocycles. The minimum atomic E-state index is 0.340.